The summed E-state index contributed by atoms with van der Waals surface area (Å²) in [5.74, 6) is 0.508. The third kappa shape index (κ3) is 3.32. The maximum Gasteiger partial charge on any atom is 0.222 e. The third-order valence-corrected chi connectivity index (χ3v) is 3.27. The summed E-state index contributed by atoms with van der Waals surface area (Å²) in [6.07, 6.45) is 0. The quantitative estimate of drug-likeness (QED) is 0.740. The standard InChI is InChI=1S/C14H10Cl2N4O/c15-12-6-4-11(5-7-12)14-17-18-19-20(14)21-9-10-2-1-3-13(16)8-10/h1-8H,9H2. The highest BCUT2D eigenvalue weighted by Crippen LogP contribution is 2.18. The van der Waals surface area contributed by atoms with Crippen molar-refractivity contribution >= 4 is 23.2 Å². The Morgan fingerprint density at radius 1 is 1.00 bits per heavy atom. The van der Waals surface area contributed by atoms with Crippen LogP contribution in [0.3, 0.4) is 0 Å². The molecule has 21 heavy (non-hydrogen) atoms. The first-order valence-corrected chi connectivity index (χ1v) is 6.90. The molecule has 0 aliphatic heterocycles. The van der Waals surface area contributed by atoms with Gasteiger partial charge in [0.25, 0.3) is 0 Å². The van der Waals surface area contributed by atoms with Gasteiger partial charge in [-0.2, -0.15) is 0 Å². The van der Waals surface area contributed by atoms with E-state index in [1.54, 1.807) is 18.2 Å². The van der Waals surface area contributed by atoms with E-state index < -0.39 is 0 Å². The summed E-state index contributed by atoms with van der Waals surface area (Å²) in [5, 5.41) is 12.7. The number of hydrogen-bond donors (Lipinski definition) is 0. The Balaban J connectivity index is 1.78. The molecule has 0 saturated heterocycles. The average Bonchev–Trinajstić information content (AvgIpc) is 2.94. The molecule has 0 unspecified atom stereocenters. The highest BCUT2D eigenvalue weighted by molar-refractivity contribution is 6.30. The molecule has 0 amide bonds. The maximum absolute atomic E-state index is 5.93. The Bertz CT molecular complexity index is 743. The summed E-state index contributed by atoms with van der Waals surface area (Å²) in [4.78, 5) is 6.87. The largest absolute Gasteiger partial charge is 0.389 e. The van der Waals surface area contributed by atoms with Crippen molar-refractivity contribution < 1.29 is 4.84 Å². The minimum absolute atomic E-state index is 0.312. The molecule has 0 aliphatic carbocycles. The molecule has 0 bridgehead atoms. The second kappa shape index (κ2) is 6.11. The molecular weight excluding hydrogens is 311 g/mol. The van der Waals surface area contributed by atoms with E-state index in [0.29, 0.717) is 22.5 Å². The zero-order chi connectivity index (χ0) is 14.7. The summed E-state index contributed by atoms with van der Waals surface area (Å²) >= 11 is 11.8. The molecule has 0 spiro atoms. The van der Waals surface area contributed by atoms with Crippen LogP contribution in [0.4, 0.5) is 0 Å². The second-order valence-corrected chi connectivity index (χ2v) is 5.16. The predicted molar refractivity (Wildman–Crippen MR) is 80.0 cm³/mol. The topological polar surface area (TPSA) is 52.8 Å². The van der Waals surface area contributed by atoms with Crippen LogP contribution in [0.1, 0.15) is 5.56 Å². The predicted octanol–water partition coefficient (Wildman–Crippen LogP) is 3.28. The number of nitrogens with zero attached hydrogens (tertiary/aromatic N) is 4. The van der Waals surface area contributed by atoms with Crippen LogP contribution in [0.5, 0.6) is 0 Å². The molecule has 0 radical (unpaired) electrons. The third-order valence-electron chi connectivity index (χ3n) is 2.79. The first-order valence-electron chi connectivity index (χ1n) is 6.14. The molecule has 0 saturated carbocycles. The fourth-order valence-electron chi connectivity index (χ4n) is 1.80. The number of aromatic nitrogens is 4. The van der Waals surface area contributed by atoms with Gasteiger partial charge in [-0.05, 0) is 52.4 Å². The van der Waals surface area contributed by atoms with Gasteiger partial charge in [-0.1, -0.05) is 40.2 Å². The Morgan fingerprint density at radius 3 is 2.57 bits per heavy atom. The second-order valence-electron chi connectivity index (χ2n) is 4.29. The van der Waals surface area contributed by atoms with Crippen molar-refractivity contribution in [3.05, 3.63) is 64.1 Å². The zero-order valence-corrected chi connectivity index (χ0v) is 12.3. The molecular formula is C14H10Cl2N4O. The van der Waals surface area contributed by atoms with E-state index in [1.165, 1.54) is 4.85 Å². The van der Waals surface area contributed by atoms with Crippen molar-refractivity contribution in [2.45, 2.75) is 6.61 Å². The highest BCUT2D eigenvalue weighted by Gasteiger charge is 2.10. The molecule has 106 valence electrons. The number of benzene rings is 2. The Labute approximate surface area is 131 Å². The molecule has 3 rings (SSSR count). The normalized spacial score (nSPS) is 10.6. The van der Waals surface area contributed by atoms with Gasteiger partial charge in [0, 0.05) is 15.6 Å². The maximum atomic E-state index is 5.93. The lowest BCUT2D eigenvalue weighted by atomic mass is 10.2. The Hall–Kier alpha value is -2.11. The van der Waals surface area contributed by atoms with Crippen LogP contribution in [0, 0.1) is 0 Å². The zero-order valence-electron chi connectivity index (χ0n) is 10.8. The lowest BCUT2D eigenvalue weighted by molar-refractivity contribution is 0.0695. The van der Waals surface area contributed by atoms with Gasteiger partial charge in [0.15, 0.2) is 0 Å². The molecule has 1 heterocycles. The molecule has 0 atom stereocenters. The molecule has 0 N–H and O–H groups in total. The molecule has 0 aliphatic rings. The van der Waals surface area contributed by atoms with E-state index in [4.69, 9.17) is 28.0 Å². The average molecular weight is 321 g/mol. The summed E-state index contributed by atoms with van der Waals surface area (Å²) in [6, 6.07) is 14.6. The van der Waals surface area contributed by atoms with Crippen LogP contribution in [0.2, 0.25) is 10.0 Å². The lowest BCUT2D eigenvalue weighted by Crippen LogP contribution is -2.14. The minimum Gasteiger partial charge on any atom is -0.389 e. The van der Waals surface area contributed by atoms with E-state index in [0.717, 1.165) is 11.1 Å². The van der Waals surface area contributed by atoms with Gasteiger partial charge in [-0.25, -0.2) is 0 Å². The van der Waals surface area contributed by atoms with Crippen molar-refractivity contribution in [1.82, 2.24) is 20.4 Å². The van der Waals surface area contributed by atoms with Crippen LogP contribution >= 0.6 is 23.2 Å². The Kier molecular flexibility index (Phi) is 4.03. The van der Waals surface area contributed by atoms with Gasteiger partial charge in [0.05, 0.1) is 0 Å². The monoisotopic (exact) mass is 320 g/mol. The van der Waals surface area contributed by atoms with E-state index in [-0.39, 0.29) is 0 Å². The van der Waals surface area contributed by atoms with Crippen molar-refractivity contribution in [2.75, 3.05) is 0 Å². The summed E-state index contributed by atoms with van der Waals surface area (Å²) < 4.78 is 0. The smallest absolute Gasteiger partial charge is 0.222 e. The van der Waals surface area contributed by atoms with Crippen LogP contribution in [-0.2, 0) is 6.61 Å². The SMILES string of the molecule is Clc1ccc(-c2nnnn2OCc2cccc(Cl)c2)cc1. The summed E-state index contributed by atoms with van der Waals surface area (Å²) in [5.41, 5.74) is 1.75. The van der Waals surface area contributed by atoms with Crippen molar-refractivity contribution in [2.24, 2.45) is 0 Å². The van der Waals surface area contributed by atoms with Crippen molar-refractivity contribution in [3.63, 3.8) is 0 Å². The number of rotatable bonds is 4. The van der Waals surface area contributed by atoms with Crippen LogP contribution in [0.15, 0.2) is 48.5 Å². The van der Waals surface area contributed by atoms with Crippen molar-refractivity contribution in [1.29, 1.82) is 0 Å². The summed E-state index contributed by atoms with van der Waals surface area (Å²) in [7, 11) is 0. The van der Waals surface area contributed by atoms with Gasteiger partial charge in [-0.15, -0.1) is 5.10 Å². The first-order chi connectivity index (χ1) is 10.2. The van der Waals surface area contributed by atoms with E-state index in [9.17, 15) is 0 Å². The number of halogens is 2. The molecule has 7 heteroatoms. The van der Waals surface area contributed by atoms with E-state index in [1.807, 2.05) is 30.3 Å². The summed E-state index contributed by atoms with van der Waals surface area (Å²) in [6.45, 7) is 0.312. The van der Waals surface area contributed by atoms with Gasteiger partial charge >= 0.3 is 0 Å². The van der Waals surface area contributed by atoms with Gasteiger partial charge in [0.1, 0.15) is 6.61 Å². The minimum atomic E-state index is 0.312. The van der Waals surface area contributed by atoms with Crippen LogP contribution in [-0.4, -0.2) is 20.4 Å². The molecule has 0 fully saturated rings. The molecule has 3 aromatic rings. The van der Waals surface area contributed by atoms with Gasteiger partial charge in [0.2, 0.25) is 5.82 Å². The van der Waals surface area contributed by atoms with Gasteiger partial charge < -0.3 is 4.84 Å². The van der Waals surface area contributed by atoms with E-state index in [2.05, 4.69) is 15.5 Å². The molecule has 2 aromatic carbocycles. The van der Waals surface area contributed by atoms with Gasteiger partial charge in [-0.3, -0.25) is 0 Å². The number of tetrazole rings is 1. The highest BCUT2D eigenvalue weighted by atomic mass is 35.5. The fraction of sp³-hybridized carbons (Fsp3) is 0.0714. The first kappa shape index (κ1) is 13.9. The Morgan fingerprint density at radius 2 is 1.81 bits per heavy atom. The molecule has 5 nitrogen and oxygen atoms in total. The number of hydrogen-bond acceptors (Lipinski definition) is 4. The molecule has 1 aromatic heterocycles. The lowest BCUT2D eigenvalue weighted by Gasteiger charge is -2.07. The van der Waals surface area contributed by atoms with Crippen molar-refractivity contribution in [3.8, 4) is 11.4 Å². The van der Waals surface area contributed by atoms with Crippen LogP contribution in [0.25, 0.3) is 11.4 Å². The fourth-order valence-corrected chi connectivity index (χ4v) is 2.13. The van der Waals surface area contributed by atoms with Crippen LogP contribution < -0.4 is 4.84 Å². The van der Waals surface area contributed by atoms with E-state index >= 15 is 0 Å².